The zero-order valence-electron chi connectivity index (χ0n) is 25.2. The Hall–Kier alpha value is -4.47. The maximum absolute atomic E-state index is 15.5. The first kappa shape index (κ1) is 31.0. The maximum atomic E-state index is 15.5. The van der Waals surface area contributed by atoms with E-state index in [1.54, 1.807) is 18.2 Å². The highest BCUT2D eigenvalue weighted by Crippen LogP contribution is 2.36. The highest BCUT2D eigenvalue weighted by atomic mass is 19.1. The number of hydrogen-bond acceptors (Lipinski definition) is 5. The van der Waals surface area contributed by atoms with Crippen LogP contribution in [0.25, 0.3) is 0 Å². The van der Waals surface area contributed by atoms with Crippen LogP contribution in [0.4, 0.5) is 8.78 Å². The van der Waals surface area contributed by atoms with Crippen LogP contribution in [0.5, 0.6) is 11.5 Å². The number of rotatable bonds is 10. The van der Waals surface area contributed by atoms with Crippen molar-refractivity contribution in [1.29, 1.82) is 0 Å². The molecule has 0 unspecified atom stereocenters. The van der Waals surface area contributed by atoms with Gasteiger partial charge in [0.1, 0.15) is 29.8 Å². The third kappa shape index (κ3) is 6.25. The van der Waals surface area contributed by atoms with Gasteiger partial charge in [-0.2, -0.15) is 0 Å². The third-order valence-electron chi connectivity index (χ3n) is 8.40. The minimum Gasteiger partial charge on any atom is -0.493 e. The van der Waals surface area contributed by atoms with Crippen molar-refractivity contribution < 1.29 is 32.6 Å². The average Bonchev–Trinajstić information content (AvgIpc) is 3.44. The van der Waals surface area contributed by atoms with Gasteiger partial charge in [-0.1, -0.05) is 50.2 Å². The summed E-state index contributed by atoms with van der Waals surface area (Å²) < 4.78 is 40.1. The normalized spacial score (nSPS) is 19.0. The van der Waals surface area contributed by atoms with Crippen LogP contribution in [0.2, 0.25) is 0 Å². The molecule has 8 nitrogen and oxygen atoms in total. The predicted octanol–water partition coefficient (Wildman–Crippen LogP) is 4.50. The smallest absolute Gasteiger partial charge is 0.247 e. The molecule has 3 aromatic rings. The number of carbonyl (C=O) groups is 3. The molecule has 1 saturated heterocycles. The molecule has 44 heavy (non-hydrogen) atoms. The first-order valence-electron chi connectivity index (χ1n) is 14.7. The lowest BCUT2D eigenvalue weighted by Gasteiger charge is -2.44. The Bertz CT molecular complexity index is 1540. The molecule has 3 atom stereocenters. The lowest BCUT2D eigenvalue weighted by Crippen LogP contribution is -2.67. The molecule has 232 valence electrons. The highest BCUT2D eigenvalue weighted by molar-refractivity contribution is 6.00. The van der Waals surface area contributed by atoms with Crippen molar-refractivity contribution in [2.24, 2.45) is 11.8 Å². The van der Waals surface area contributed by atoms with Crippen molar-refractivity contribution in [2.45, 2.75) is 57.8 Å². The summed E-state index contributed by atoms with van der Waals surface area (Å²) in [4.78, 5) is 43.4. The topological polar surface area (TPSA) is 97.0 Å². The molecule has 3 amide bonds. The maximum Gasteiger partial charge on any atom is 0.247 e. The van der Waals surface area contributed by atoms with Crippen molar-refractivity contribution >= 4 is 17.7 Å². The third-order valence-corrected chi connectivity index (χ3v) is 8.40. The Morgan fingerprint density at radius 1 is 0.977 bits per heavy atom. The molecule has 0 aromatic heterocycles. The van der Waals surface area contributed by atoms with Crippen LogP contribution in [0.3, 0.4) is 0 Å². The van der Waals surface area contributed by atoms with Crippen LogP contribution in [0.1, 0.15) is 48.6 Å². The van der Waals surface area contributed by atoms with Crippen molar-refractivity contribution in [2.75, 3.05) is 14.2 Å². The van der Waals surface area contributed by atoms with Crippen LogP contribution >= 0.6 is 0 Å². The van der Waals surface area contributed by atoms with Gasteiger partial charge in [0.2, 0.25) is 17.7 Å². The van der Waals surface area contributed by atoms with E-state index in [9.17, 15) is 18.8 Å². The van der Waals surface area contributed by atoms with Crippen molar-refractivity contribution in [3.05, 3.63) is 94.6 Å². The van der Waals surface area contributed by atoms with E-state index in [4.69, 9.17) is 9.47 Å². The minimum absolute atomic E-state index is 0.0168. The molecule has 0 bridgehead atoms. The second-order valence-corrected chi connectivity index (χ2v) is 11.8. The number of benzene rings is 3. The van der Waals surface area contributed by atoms with E-state index in [-0.39, 0.29) is 30.4 Å². The lowest BCUT2D eigenvalue weighted by atomic mass is 9.87. The van der Waals surface area contributed by atoms with Gasteiger partial charge in [0.05, 0.1) is 14.2 Å². The van der Waals surface area contributed by atoms with Crippen LogP contribution in [-0.2, 0) is 33.8 Å². The predicted molar refractivity (Wildman–Crippen MR) is 160 cm³/mol. The quantitative estimate of drug-likeness (QED) is 0.355. The largest absolute Gasteiger partial charge is 0.493 e. The van der Waals surface area contributed by atoms with E-state index >= 15 is 4.39 Å². The molecule has 3 aromatic carbocycles. The zero-order chi connectivity index (χ0) is 31.5. The lowest BCUT2D eigenvalue weighted by molar-refractivity contribution is -0.158. The van der Waals surface area contributed by atoms with Crippen molar-refractivity contribution in [3.63, 3.8) is 0 Å². The van der Waals surface area contributed by atoms with E-state index in [1.165, 1.54) is 19.1 Å². The summed E-state index contributed by atoms with van der Waals surface area (Å²) in [5, 5.41) is 5.75. The Kier molecular flexibility index (Phi) is 9.17. The molecule has 2 N–H and O–H groups in total. The summed E-state index contributed by atoms with van der Waals surface area (Å²) in [6.45, 7) is 3.82. The fourth-order valence-electron chi connectivity index (χ4n) is 6.29. The number of nitrogens with one attached hydrogen (secondary N) is 2. The van der Waals surface area contributed by atoms with Gasteiger partial charge in [-0.25, -0.2) is 8.78 Å². The summed E-state index contributed by atoms with van der Waals surface area (Å²) in [5.41, 5.74) is 2.67. The zero-order valence-corrected chi connectivity index (χ0v) is 25.2. The van der Waals surface area contributed by atoms with Crippen molar-refractivity contribution in [1.82, 2.24) is 15.5 Å². The summed E-state index contributed by atoms with van der Waals surface area (Å²) in [6, 6.07) is 12.4. The molecule has 1 aliphatic carbocycles. The number of piperazine rings is 1. The van der Waals surface area contributed by atoms with E-state index in [0.717, 1.165) is 23.3 Å². The molecule has 10 heteroatoms. The fraction of sp³-hybridized carbons (Fsp3) is 0.382. The molecule has 2 aliphatic rings. The van der Waals surface area contributed by atoms with Crippen LogP contribution < -0.4 is 20.1 Å². The first-order valence-corrected chi connectivity index (χ1v) is 14.7. The van der Waals surface area contributed by atoms with E-state index in [1.807, 2.05) is 38.1 Å². The number of carbonyl (C=O) groups excluding carboxylic acids is 3. The molecule has 0 saturated carbocycles. The summed E-state index contributed by atoms with van der Waals surface area (Å²) in [6.07, 6.45) is 1.41. The monoisotopic (exact) mass is 605 g/mol. The van der Waals surface area contributed by atoms with Crippen LogP contribution in [0.15, 0.2) is 60.7 Å². The second kappa shape index (κ2) is 13.0. The molecular weight excluding hydrogens is 568 g/mol. The van der Waals surface area contributed by atoms with Gasteiger partial charge < -0.3 is 25.0 Å². The van der Waals surface area contributed by atoms with Gasteiger partial charge in [0, 0.05) is 18.2 Å². The minimum atomic E-state index is -1.52. The Labute approximate surface area is 255 Å². The van der Waals surface area contributed by atoms with E-state index in [0.29, 0.717) is 36.0 Å². The number of fused-ring (bicyclic) bond motifs is 1. The highest BCUT2D eigenvalue weighted by Gasteiger charge is 2.50. The molecule has 0 spiro atoms. The first-order chi connectivity index (χ1) is 21.1. The summed E-state index contributed by atoms with van der Waals surface area (Å²) >= 11 is 0. The Morgan fingerprint density at radius 3 is 2.27 bits per heavy atom. The molecule has 1 fully saturated rings. The van der Waals surface area contributed by atoms with E-state index in [2.05, 4.69) is 10.6 Å². The number of hydrogen-bond donors (Lipinski definition) is 2. The number of amides is 3. The van der Waals surface area contributed by atoms with E-state index < -0.39 is 47.5 Å². The number of methoxy groups -OCH3 is 2. The van der Waals surface area contributed by atoms with Gasteiger partial charge in [0.25, 0.3) is 0 Å². The second-order valence-electron chi connectivity index (χ2n) is 11.8. The standard InChI is InChI=1S/C34H37F2N3O5/c1-19(2)13-27-32(40)38-30(23-15-21-7-5-6-8-22(21)16-23)34(42)39(27)31(25-11-10-24(35)17-26(25)36)33(41)37-18-20-9-12-28(43-3)29(14-20)44-4/h5-12,14,17,19,23,27,30-31H,13,15-16,18H2,1-4H3,(H,37,41)(H,38,40)/t27-,30-,31-/m1/s1. The molecule has 1 heterocycles. The Balaban J connectivity index is 1.52. The van der Waals surface area contributed by atoms with Crippen LogP contribution in [-0.4, -0.2) is 48.9 Å². The summed E-state index contributed by atoms with van der Waals surface area (Å²) in [5.74, 6) is -2.67. The Morgan fingerprint density at radius 2 is 1.66 bits per heavy atom. The average molecular weight is 606 g/mol. The van der Waals surface area contributed by atoms with Gasteiger partial charge in [-0.3, -0.25) is 14.4 Å². The van der Waals surface area contributed by atoms with Gasteiger partial charge in [0.15, 0.2) is 11.5 Å². The fourth-order valence-corrected chi connectivity index (χ4v) is 6.29. The molecule has 0 radical (unpaired) electrons. The molecule has 1 aliphatic heterocycles. The van der Waals surface area contributed by atoms with Gasteiger partial charge >= 0.3 is 0 Å². The SMILES string of the molecule is COc1ccc(CNC(=O)[C@@H](c2ccc(F)cc2F)N2C(=O)[C@@H](C3Cc4ccccc4C3)NC(=O)[C@H]2CC(C)C)cc1OC. The molecular formula is C34H37F2N3O5. The number of halogens is 2. The van der Waals surface area contributed by atoms with Gasteiger partial charge in [-0.05, 0) is 66.0 Å². The van der Waals surface area contributed by atoms with Gasteiger partial charge in [-0.15, -0.1) is 0 Å². The number of nitrogens with zero attached hydrogens (tertiary/aromatic N) is 1. The van der Waals surface area contributed by atoms with Crippen LogP contribution in [0, 0.1) is 23.5 Å². The summed E-state index contributed by atoms with van der Waals surface area (Å²) in [7, 11) is 3.01. The molecule has 5 rings (SSSR count). The number of ether oxygens (including phenoxy) is 2. The van der Waals surface area contributed by atoms with Crippen molar-refractivity contribution in [3.8, 4) is 11.5 Å².